The smallest absolute Gasteiger partial charge is 0.164 e. The van der Waals surface area contributed by atoms with Gasteiger partial charge in [0.05, 0.1) is 21.8 Å². The van der Waals surface area contributed by atoms with Crippen LogP contribution in [-0.2, 0) is 28.4 Å². The summed E-state index contributed by atoms with van der Waals surface area (Å²) < 4.78 is 55.6. The van der Waals surface area contributed by atoms with E-state index in [4.69, 9.17) is 55.2 Å². The lowest BCUT2D eigenvalue weighted by atomic mass is 10.1. The van der Waals surface area contributed by atoms with Gasteiger partial charge in [-0.2, -0.15) is 0 Å². The minimum atomic E-state index is -0.731. The molecule has 0 saturated carbocycles. The zero-order valence-corrected chi connectivity index (χ0v) is 39.8. The van der Waals surface area contributed by atoms with Gasteiger partial charge in [0.25, 0.3) is 0 Å². The predicted octanol–water partition coefficient (Wildman–Crippen LogP) is 8.71. The van der Waals surface area contributed by atoms with Crippen LogP contribution in [0.5, 0.6) is 11.5 Å². The molecule has 12 rings (SSSR count). The molecule has 4 aliphatic rings. The molecule has 4 saturated heterocycles. The first-order valence-corrected chi connectivity index (χ1v) is 23.1. The van der Waals surface area contributed by atoms with Crippen LogP contribution < -0.4 is 15.2 Å². The van der Waals surface area contributed by atoms with E-state index in [0.29, 0.717) is 47.0 Å². The molecule has 2 N–H and O–H groups in total. The molecule has 8 atom stereocenters. The zero-order chi connectivity index (χ0) is 45.5. The van der Waals surface area contributed by atoms with Crippen molar-refractivity contribution in [2.75, 3.05) is 18.9 Å². The summed E-state index contributed by atoms with van der Waals surface area (Å²) in [7, 11) is 0. The van der Waals surface area contributed by atoms with Crippen molar-refractivity contribution in [3.63, 3.8) is 0 Å². The van der Waals surface area contributed by atoms with Crippen molar-refractivity contribution in [1.82, 2.24) is 39.0 Å². The number of fused-ring (bicyclic) bond motifs is 6. The van der Waals surface area contributed by atoms with Crippen molar-refractivity contribution in [2.45, 2.75) is 88.3 Å². The highest BCUT2D eigenvalue weighted by molar-refractivity contribution is 9.10. The highest BCUT2D eigenvalue weighted by Crippen LogP contribution is 2.46. The van der Waals surface area contributed by atoms with Crippen LogP contribution >= 0.6 is 43.5 Å². The number of nitrogen functional groups attached to an aromatic ring is 1. The molecule has 0 radical (unpaired) electrons. The molecule has 4 fully saturated rings. The Labute approximate surface area is 399 Å². The number of pyridine rings is 2. The van der Waals surface area contributed by atoms with Gasteiger partial charge in [-0.25, -0.2) is 19.9 Å². The molecule has 0 amide bonds. The molecule has 20 heteroatoms. The number of nitrogens with zero attached hydrogens (tertiary/aromatic N) is 8. The minimum Gasteiger partial charge on any atom is -0.491 e. The fourth-order valence-electron chi connectivity index (χ4n) is 9.06. The van der Waals surface area contributed by atoms with Gasteiger partial charge in [0.2, 0.25) is 0 Å². The maximum absolute atomic E-state index is 6.40. The Bertz CT molecular complexity index is 2930. The second kappa shape index (κ2) is 16.9. The van der Waals surface area contributed by atoms with Crippen molar-refractivity contribution in [3.8, 4) is 11.5 Å². The van der Waals surface area contributed by atoms with Crippen LogP contribution in [0.15, 0.2) is 107 Å². The van der Waals surface area contributed by atoms with Crippen LogP contribution in [-0.4, -0.2) is 100 Å². The number of hydrogen-bond donors (Lipinski definition) is 1. The Morgan fingerprint density at radius 2 is 1.08 bits per heavy atom. The standard InChI is InChI=1S/C23H20BrClN4O4.C23H22BrN5O4/c2*1-23(2)32-18-17(10-30-14-4-3-12-7-13(24)9-26-16(12)8-14)31-22(19(18)33-23)29-6-5-15-20(25)27-11-28-21(15)29/h3-9,11,17-19,22H,10H2,1-2H3;3-9,11,17-19,22H,10H2,1-2H3,(H2,25,27,28)/t2*17-,18-,19-,22-/m11/s1. The molecule has 17 nitrogen and oxygen atoms in total. The van der Waals surface area contributed by atoms with Crippen molar-refractivity contribution >= 4 is 93.2 Å². The Morgan fingerprint density at radius 3 is 1.61 bits per heavy atom. The monoisotopic (exact) mass is 1040 g/mol. The molecule has 6 aromatic heterocycles. The van der Waals surface area contributed by atoms with Crippen molar-refractivity contribution in [1.29, 1.82) is 0 Å². The van der Waals surface area contributed by atoms with E-state index in [1.165, 1.54) is 12.7 Å². The van der Waals surface area contributed by atoms with Gasteiger partial charge in [0.1, 0.15) is 96.3 Å². The topological polar surface area (TPSA) is 187 Å². The third-order valence-corrected chi connectivity index (χ3v) is 13.0. The van der Waals surface area contributed by atoms with E-state index in [0.717, 1.165) is 41.5 Å². The third kappa shape index (κ3) is 8.23. The summed E-state index contributed by atoms with van der Waals surface area (Å²) in [6, 6.07) is 19.4. The number of halogens is 3. The molecule has 0 unspecified atom stereocenters. The quantitative estimate of drug-likeness (QED) is 0.142. The maximum Gasteiger partial charge on any atom is 0.164 e. The summed E-state index contributed by atoms with van der Waals surface area (Å²) in [5.74, 6) is 0.392. The van der Waals surface area contributed by atoms with Crippen LogP contribution in [0.1, 0.15) is 40.2 Å². The molecule has 4 aliphatic heterocycles. The van der Waals surface area contributed by atoms with Crippen molar-refractivity contribution in [2.24, 2.45) is 0 Å². The first-order chi connectivity index (χ1) is 31.8. The number of hydrogen-bond acceptors (Lipinski definition) is 15. The second-order valence-electron chi connectivity index (χ2n) is 17.2. The molecule has 340 valence electrons. The highest BCUT2D eigenvalue weighted by atomic mass is 79.9. The summed E-state index contributed by atoms with van der Waals surface area (Å²) in [5.41, 5.74) is 9.10. The first-order valence-electron chi connectivity index (χ1n) is 21.2. The summed E-state index contributed by atoms with van der Waals surface area (Å²) in [6.07, 6.45) is 7.40. The van der Waals surface area contributed by atoms with Gasteiger partial charge in [-0.1, -0.05) is 11.6 Å². The van der Waals surface area contributed by atoms with E-state index >= 15 is 0 Å². The second-order valence-corrected chi connectivity index (χ2v) is 19.4. The number of benzene rings is 2. The van der Waals surface area contributed by atoms with E-state index in [1.807, 2.05) is 110 Å². The summed E-state index contributed by atoms with van der Waals surface area (Å²) >= 11 is 13.1. The van der Waals surface area contributed by atoms with Crippen LogP contribution in [0, 0.1) is 0 Å². The van der Waals surface area contributed by atoms with E-state index < -0.39 is 24.0 Å². The summed E-state index contributed by atoms with van der Waals surface area (Å²) in [5, 5.41) is 3.99. The third-order valence-electron chi connectivity index (χ3n) is 11.9. The van der Waals surface area contributed by atoms with E-state index in [-0.39, 0.29) is 36.6 Å². The van der Waals surface area contributed by atoms with Gasteiger partial charge < -0.3 is 52.8 Å². The van der Waals surface area contributed by atoms with Crippen molar-refractivity contribution in [3.05, 3.63) is 112 Å². The van der Waals surface area contributed by atoms with E-state index in [2.05, 4.69) is 61.8 Å². The van der Waals surface area contributed by atoms with Crippen molar-refractivity contribution < 1.29 is 37.9 Å². The van der Waals surface area contributed by atoms with Gasteiger partial charge in [0, 0.05) is 56.6 Å². The molecule has 0 spiro atoms. The van der Waals surface area contributed by atoms with Gasteiger partial charge >= 0.3 is 0 Å². The number of anilines is 1. The number of ether oxygens (including phenoxy) is 8. The Balaban J connectivity index is 0.000000146. The highest BCUT2D eigenvalue weighted by Gasteiger charge is 2.57. The van der Waals surface area contributed by atoms with Crippen LogP contribution in [0.25, 0.3) is 43.9 Å². The van der Waals surface area contributed by atoms with E-state index in [9.17, 15) is 0 Å². The average Bonchev–Trinajstić information content (AvgIpc) is 4.14. The average molecular weight is 1040 g/mol. The lowest BCUT2D eigenvalue weighted by molar-refractivity contribution is -0.199. The van der Waals surface area contributed by atoms with Crippen LogP contribution in [0.3, 0.4) is 0 Å². The fraction of sp³-hybridized carbons (Fsp3) is 0.348. The minimum absolute atomic E-state index is 0.295. The zero-order valence-electron chi connectivity index (χ0n) is 35.8. The SMILES string of the molecule is CC1(C)O[C@@H]2[C@H](O1)[C@@H](COc1ccc3cc(Br)cnc3c1)O[C@H]2n1ccc2c(Cl)ncnc21.CC1(C)O[C@@H]2[C@H](O1)[C@@H](COc1ccc3cc(Br)cnc3c1)O[C@H]2n1ccc2c(N)ncnc21. The molecule has 66 heavy (non-hydrogen) atoms. The largest absolute Gasteiger partial charge is 0.491 e. The summed E-state index contributed by atoms with van der Waals surface area (Å²) in [6.45, 7) is 8.22. The molecule has 0 bridgehead atoms. The maximum atomic E-state index is 6.40. The number of rotatable bonds is 8. The molecule has 2 aromatic carbocycles. The Morgan fingerprint density at radius 1 is 0.606 bits per heavy atom. The Kier molecular flexibility index (Phi) is 11.1. The van der Waals surface area contributed by atoms with Gasteiger partial charge in [-0.15, -0.1) is 0 Å². The lowest BCUT2D eigenvalue weighted by Crippen LogP contribution is -2.33. The molecule has 0 aliphatic carbocycles. The van der Waals surface area contributed by atoms with Crippen LogP contribution in [0.2, 0.25) is 5.15 Å². The molecule has 8 aromatic rings. The molecular weight excluding hydrogens is 1000 g/mol. The fourth-order valence-corrected chi connectivity index (χ4v) is 9.95. The van der Waals surface area contributed by atoms with Gasteiger partial charge in [-0.05, 0) is 108 Å². The van der Waals surface area contributed by atoms with E-state index in [1.54, 1.807) is 12.4 Å². The van der Waals surface area contributed by atoms with Gasteiger partial charge in [0.15, 0.2) is 24.0 Å². The first kappa shape index (κ1) is 43.5. The Hall–Kier alpha value is -5.09. The predicted molar refractivity (Wildman–Crippen MR) is 250 cm³/mol. The normalized spacial score (nSPS) is 26.2. The molecule has 10 heterocycles. The molecular formula is C46H42Br2ClN9O8. The number of nitrogens with two attached hydrogens (primary N) is 1. The number of aromatic nitrogens is 8. The van der Waals surface area contributed by atoms with Gasteiger partial charge in [-0.3, -0.25) is 9.97 Å². The lowest BCUT2D eigenvalue weighted by Gasteiger charge is -2.25. The van der Waals surface area contributed by atoms with Crippen LogP contribution in [0.4, 0.5) is 5.82 Å². The summed E-state index contributed by atoms with van der Waals surface area (Å²) in [4.78, 5) is 25.8.